The van der Waals surface area contributed by atoms with Gasteiger partial charge < -0.3 is 4.57 Å². The highest BCUT2D eigenvalue weighted by Crippen LogP contribution is 2.43. The Kier molecular flexibility index (Phi) is 7.07. The molecule has 0 aliphatic heterocycles. The second-order valence-electron chi connectivity index (χ2n) is 15.9. The summed E-state index contributed by atoms with van der Waals surface area (Å²) >= 11 is 0. The van der Waals surface area contributed by atoms with Gasteiger partial charge in [0.05, 0.1) is 22.1 Å². The number of nitrogens with zero attached hydrogens (tertiary/aromatic N) is 5. The van der Waals surface area contributed by atoms with Crippen LogP contribution in [0.1, 0.15) is 12.8 Å². The molecule has 0 saturated heterocycles. The maximum atomic E-state index is 5.58. The molecule has 0 spiro atoms. The summed E-state index contributed by atoms with van der Waals surface area (Å²) in [5, 5.41) is 14.0. The van der Waals surface area contributed by atoms with Crippen LogP contribution in [0.5, 0.6) is 0 Å². The van der Waals surface area contributed by atoms with E-state index in [0.717, 1.165) is 72.8 Å². The van der Waals surface area contributed by atoms with Gasteiger partial charge in [-0.1, -0.05) is 158 Å². The van der Waals surface area contributed by atoms with Gasteiger partial charge in [-0.15, -0.1) is 0 Å². The highest BCUT2D eigenvalue weighted by molar-refractivity contribution is 6.24. The lowest BCUT2D eigenvalue weighted by Crippen LogP contribution is -2.08. The predicted octanol–water partition coefficient (Wildman–Crippen LogP) is 14.2. The number of aromatic nitrogens is 5. The highest BCUT2D eigenvalue weighted by atomic mass is 15.2. The number of hydrogen-bond acceptors (Lipinski definition) is 3. The molecule has 0 bridgehead atoms. The lowest BCUT2D eigenvalue weighted by molar-refractivity contribution is 0.951. The van der Waals surface area contributed by atoms with Crippen molar-refractivity contribution in [3.8, 4) is 28.7 Å². The molecule has 0 amide bonds. The Morgan fingerprint density at radius 3 is 1.37 bits per heavy atom. The summed E-state index contributed by atoms with van der Waals surface area (Å²) < 4.78 is 4.80. The Hall–Kier alpha value is -7.89. The minimum absolute atomic E-state index is 0.581. The van der Waals surface area contributed by atoms with Gasteiger partial charge in [0, 0.05) is 38.4 Å². The summed E-state index contributed by atoms with van der Waals surface area (Å²) in [6, 6.07) is 61.0. The van der Waals surface area contributed by atoms with E-state index >= 15 is 0 Å². The normalized spacial score (nSPS) is 13.2. The Morgan fingerprint density at radius 2 is 0.833 bits per heavy atom. The van der Waals surface area contributed by atoms with Crippen molar-refractivity contribution < 1.29 is 0 Å². The molecule has 280 valence electrons. The summed E-state index contributed by atoms with van der Waals surface area (Å²) in [6.07, 6.45) is 8.67. The quantitative estimate of drug-likeness (QED) is 0.168. The van der Waals surface area contributed by atoms with E-state index in [2.05, 4.69) is 197 Å². The van der Waals surface area contributed by atoms with Gasteiger partial charge >= 0.3 is 0 Å². The summed E-state index contributed by atoms with van der Waals surface area (Å²) in [6.45, 7) is 0. The Bertz CT molecular complexity index is 3710. The monoisotopic (exact) mass is 765 g/mol. The molecule has 0 radical (unpaired) electrons. The largest absolute Gasteiger partial charge is 0.311 e. The molecule has 0 saturated carbocycles. The van der Waals surface area contributed by atoms with Crippen molar-refractivity contribution in [3.05, 3.63) is 188 Å². The van der Waals surface area contributed by atoms with Crippen LogP contribution in [-0.2, 0) is 0 Å². The lowest BCUT2D eigenvalue weighted by Gasteiger charge is -2.17. The molecule has 5 heteroatoms. The van der Waals surface area contributed by atoms with Crippen LogP contribution in [0.3, 0.4) is 0 Å². The number of benzene rings is 9. The van der Waals surface area contributed by atoms with Crippen LogP contribution in [0.15, 0.2) is 188 Å². The van der Waals surface area contributed by atoms with Gasteiger partial charge in [-0.2, -0.15) is 9.97 Å². The lowest BCUT2D eigenvalue weighted by atomic mass is 9.96. The van der Waals surface area contributed by atoms with E-state index in [9.17, 15) is 0 Å². The van der Waals surface area contributed by atoms with Crippen molar-refractivity contribution in [1.29, 1.82) is 0 Å². The van der Waals surface area contributed by atoms with Crippen molar-refractivity contribution >= 4 is 92.4 Å². The first-order chi connectivity index (χ1) is 29.8. The maximum absolute atomic E-state index is 5.58. The zero-order valence-electron chi connectivity index (χ0n) is 32.5. The molecule has 3 aromatic heterocycles. The van der Waals surface area contributed by atoms with Gasteiger partial charge in [-0.3, -0.25) is 4.57 Å². The van der Waals surface area contributed by atoms with Gasteiger partial charge in [-0.25, -0.2) is 4.98 Å². The number of allylic oxidation sites excluding steroid dienone is 4. The zero-order chi connectivity index (χ0) is 39.3. The molecular weight excluding hydrogens is 731 g/mol. The van der Waals surface area contributed by atoms with Crippen LogP contribution < -0.4 is 0 Å². The molecule has 5 nitrogen and oxygen atoms in total. The van der Waals surface area contributed by atoms with E-state index in [-0.39, 0.29) is 0 Å². The SMILES string of the molecule is C1=CCCC(n2c3ccccc3c3ccc4c5ccccc5n(-c5nc(-c6cc7ccccc7c7ccccc67)nc(-c6cc7ccccc7c7ccccc67)n5)c4c32)=C1. The van der Waals surface area contributed by atoms with E-state index in [1.165, 1.54) is 43.5 Å². The van der Waals surface area contributed by atoms with Crippen molar-refractivity contribution in [3.63, 3.8) is 0 Å². The minimum Gasteiger partial charge on any atom is -0.311 e. The maximum Gasteiger partial charge on any atom is 0.238 e. The Balaban J connectivity index is 1.21. The van der Waals surface area contributed by atoms with Gasteiger partial charge in [0.2, 0.25) is 5.95 Å². The van der Waals surface area contributed by atoms with Crippen molar-refractivity contribution in [2.24, 2.45) is 0 Å². The van der Waals surface area contributed by atoms with E-state index in [0.29, 0.717) is 17.6 Å². The second kappa shape index (κ2) is 12.8. The molecule has 0 N–H and O–H groups in total. The molecule has 60 heavy (non-hydrogen) atoms. The molecule has 13 rings (SSSR count). The van der Waals surface area contributed by atoms with Crippen LogP contribution >= 0.6 is 0 Å². The fraction of sp³-hybridized carbons (Fsp3) is 0.0364. The number of rotatable bonds is 4. The summed E-state index contributed by atoms with van der Waals surface area (Å²) in [7, 11) is 0. The molecule has 12 aromatic rings. The average Bonchev–Trinajstić information content (AvgIpc) is 3.84. The third-order valence-corrected chi connectivity index (χ3v) is 12.6. The third-order valence-electron chi connectivity index (χ3n) is 12.6. The van der Waals surface area contributed by atoms with Crippen molar-refractivity contribution in [1.82, 2.24) is 24.1 Å². The molecular formula is C55H35N5. The van der Waals surface area contributed by atoms with Crippen LogP contribution in [0, 0.1) is 0 Å². The minimum atomic E-state index is 0.581. The van der Waals surface area contributed by atoms with E-state index in [1.54, 1.807) is 0 Å². The first kappa shape index (κ1) is 33.1. The smallest absolute Gasteiger partial charge is 0.238 e. The number of para-hydroxylation sites is 2. The molecule has 0 fully saturated rings. The summed E-state index contributed by atoms with van der Waals surface area (Å²) in [5.74, 6) is 1.85. The molecule has 1 aliphatic carbocycles. The first-order valence-corrected chi connectivity index (χ1v) is 20.7. The zero-order valence-corrected chi connectivity index (χ0v) is 32.5. The molecule has 0 atom stereocenters. The van der Waals surface area contributed by atoms with Crippen LogP contribution in [0.25, 0.3) is 121 Å². The van der Waals surface area contributed by atoms with E-state index in [4.69, 9.17) is 15.0 Å². The van der Waals surface area contributed by atoms with Gasteiger partial charge in [-0.05, 0) is 86.3 Å². The predicted molar refractivity (Wildman–Crippen MR) is 251 cm³/mol. The van der Waals surface area contributed by atoms with Crippen LogP contribution in [-0.4, -0.2) is 24.1 Å². The molecule has 1 aliphatic rings. The molecule has 9 aromatic carbocycles. The van der Waals surface area contributed by atoms with E-state index in [1.807, 2.05) is 0 Å². The second-order valence-corrected chi connectivity index (χ2v) is 15.9. The first-order valence-electron chi connectivity index (χ1n) is 20.7. The molecule has 3 heterocycles. The fourth-order valence-electron chi connectivity index (χ4n) is 9.97. The standard InChI is InChI=1S/C55H35N5/c1-2-18-36(19-3-1)59-49-28-14-12-26-43(49)45-30-31-46-44-27-13-15-29-50(44)60(52(46)51(45)59)55-57-53(47-32-34-16-4-6-20-37(34)39-22-8-10-24-41(39)47)56-54(58-55)48-33-35-17-5-7-21-38(35)40-23-9-11-25-42(40)48/h1-2,4-18,20-33H,3,19H2. The van der Waals surface area contributed by atoms with Crippen molar-refractivity contribution in [2.45, 2.75) is 12.8 Å². The van der Waals surface area contributed by atoms with Crippen molar-refractivity contribution in [2.75, 3.05) is 0 Å². The fourth-order valence-corrected chi connectivity index (χ4v) is 9.97. The average molecular weight is 766 g/mol. The molecule has 0 unspecified atom stereocenters. The Labute approximate surface area is 344 Å². The summed E-state index contributed by atoms with van der Waals surface area (Å²) in [4.78, 5) is 16.6. The van der Waals surface area contributed by atoms with Gasteiger partial charge in [0.15, 0.2) is 11.6 Å². The van der Waals surface area contributed by atoms with Gasteiger partial charge in [0.1, 0.15) is 0 Å². The topological polar surface area (TPSA) is 48.5 Å². The van der Waals surface area contributed by atoms with Crippen LogP contribution in [0.2, 0.25) is 0 Å². The van der Waals surface area contributed by atoms with Gasteiger partial charge in [0.25, 0.3) is 0 Å². The van der Waals surface area contributed by atoms with Crippen LogP contribution in [0.4, 0.5) is 0 Å². The summed E-state index contributed by atoms with van der Waals surface area (Å²) in [5.41, 5.74) is 7.69. The number of fused-ring (bicyclic) bond motifs is 13. The number of hydrogen-bond donors (Lipinski definition) is 0. The third kappa shape index (κ3) is 4.77. The Morgan fingerprint density at radius 1 is 0.383 bits per heavy atom. The van der Waals surface area contributed by atoms with E-state index < -0.39 is 0 Å². The highest BCUT2D eigenvalue weighted by Gasteiger charge is 2.25.